The van der Waals surface area contributed by atoms with Gasteiger partial charge in [0.15, 0.2) is 6.61 Å². The van der Waals surface area contributed by atoms with Crippen LogP contribution in [-0.2, 0) is 4.79 Å². The summed E-state index contributed by atoms with van der Waals surface area (Å²) in [6, 6.07) is 20.7. The summed E-state index contributed by atoms with van der Waals surface area (Å²) in [4.78, 5) is 12.4. The predicted molar refractivity (Wildman–Crippen MR) is 140 cm³/mol. The van der Waals surface area contributed by atoms with Gasteiger partial charge < -0.3 is 14.2 Å². The van der Waals surface area contributed by atoms with Crippen molar-refractivity contribution in [1.29, 1.82) is 0 Å². The van der Waals surface area contributed by atoms with Crippen molar-refractivity contribution in [2.75, 3.05) is 20.8 Å². The third-order valence-electron chi connectivity index (χ3n) is 5.38. The zero-order valence-corrected chi connectivity index (χ0v) is 20.8. The highest BCUT2D eigenvalue weighted by Gasteiger charge is 2.19. The van der Waals surface area contributed by atoms with Gasteiger partial charge in [-0.05, 0) is 36.8 Å². The molecule has 0 saturated heterocycles. The molecular weight excluding hydrogens is 480 g/mol. The Kier molecular flexibility index (Phi) is 7.87. The van der Waals surface area contributed by atoms with Crippen LogP contribution in [-0.4, -0.2) is 43.1 Å². The lowest BCUT2D eigenvalue weighted by atomic mass is 10.0. The second kappa shape index (κ2) is 11.4. The number of ether oxygens (including phenoxy) is 3. The number of H-pyrrole nitrogens is 1. The van der Waals surface area contributed by atoms with E-state index in [1.807, 2.05) is 43.3 Å². The third kappa shape index (κ3) is 5.84. The molecule has 4 aromatic rings. The molecule has 2 N–H and O–H groups in total. The Morgan fingerprint density at radius 2 is 1.75 bits per heavy atom. The molecule has 1 aromatic heterocycles. The van der Waals surface area contributed by atoms with E-state index in [9.17, 15) is 4.79 Å². The Bertz CT molecular complexity index is 1370. The Balaban J connectivity index is 1.49. The summed E-state index contributed by atoms with van der Waals surface area (Å²) in [7, 11) is 3.12. The molecule has 3 aromatic carbocycles. The maximum Gasteiger partial charge on any atom is 0.278 e. The van der Waals surface area contributed by atoms with Gasteiger partial charge >= 0.3 is 0 Å². The summed E-state index contributed by atoms with van der Waals surface area (Å²) in [5, 5.41) is 12.0. The Labute approximate surface area is 213 Å². The Hall–Kier alpha value is -4.30. The molecule has 0 bridgehead atoms. The molecule has 8 nitrogen and oxygen atoms in total. The van der Waals surface area contributed by atoms with Gasteiger partial charge in [-0.3, -0.25) is 9.89 Å². The van der Waals surface area contributed by atoms with Crippen molar-refractivity contribution in [3.8, 4) is 39.8 Å². The van der Waals surface area contributed by atoms with Gasteiger partial charge in [0.2, 0.25) is 5.88 Å². The van der Waals surface area contributed by atoms with Gasteiger partial charge in [-0.2, -0.15) is 5.10 Å². The van der Waals surface area contributed by atoms with E-state index in [0.29, 0.717) is 28.0 Å². The quantitative estimate of drug-likeness (QED) is 0.239. The van der Waals surface area contributed by atoms with E-state index in [2.05, 4.69) is 20.7 Å². The molecule has 0 aliphatic heterocycles. The van der Waals surface area contributed by atoms with Crippen molar-refractivity contribution in [2.45, 2.75) is 6.92 Å². The van der Waals surface area contributed by atoms with Gasteiger partial charge in [0.25, 0.3) is 5.91 Å². The standard InChI is InChI=1S/C27H25ClN4O4/c1-17-4-6-18(7-5-17)25-26(19-8-11-21(28)12-9-19)31-32-27(25)36-16-24(33)30-29-15-20-10-13-22(34-2)14-23(20)35-3/h4-15H,16H2,1-3H3,(H,30,33)(H,31,32)/b29-15+. The third-order valence-corrected chi connectivity index (χ3v) is 5.63. The first-order valence-electron chi connectivity index (χ1n) is 11.1. The molecule has 0 aliphatic rings. The number of aromatic amines is 1. The van der Waals surface area contributed by atoms with E-state index in [1.165, 1.54) is 6.21 Å². The number of halogens is 1. The number of hydrazone groups is 1. The molecule has 0 unspecified atom stereocenters. The Morgan fingerprint density at radius 3 is 2.44 bits per heavy atom. The number of nitrogens with one attached hydrogen (secondary N) is 2. The van der Waals surface area contributed by atoms with Crippen LogP contribution < -0.4 is 19.6 Å². The van der Waals surface area contributed by atoms with Crippen LogP contribution in [0.1, 0.15) is 11.1 Å². The largest absolute Gasteiger partial charge is 0.497 e. The highest BCUT2D eigenvalue weighted by Crippen LogP contribution is 2.37. The van der Waals surface area contributed by atoms with E-state index in [1.54, 1.807) is 44.6 Å². The van der Waals surface area contributed by atoms with Crippen molar-refractivity contribution in [1.82, 2.24) is 15.6 Å². The molecule has 36 heavy (non-hydrogen) atoms. The fourth-order valence-electron chi connectivity index (χ4n) is 3.51. The number of methoxy groups -OCH3 is 2. The van der Waals surface area contributed by atoms with Crippen LogP contribution in [0.2, 0.25) is 5.02 Å². The summed E-state index contributed by atoms with van der Waals surface area (Å²) in [5.74, 6) is 1.09. The molecule has 0 fully saturated rings. The minimum Gasteiger partial charge on any atom is -0.497 e. The average molecular weight is 505 g/mol. The lowest BCUT2D eigenvalue weighted by molar-refractivity contribution is -0.123. The second-order valence-electron chi connectivity index (χ2n) is 7.84. The predicted octanol–water partition coefficient (Wildman–Crippen LogP) is 5.25. The summed E-state index contributed by atoms with van der Waals surface area (Å²) < 4.78 is 16.3. The lowest BCUT2D eigenvalue weighted by Gasteiger charge is -2.09. The number of aryl methyl sites for hydroxylation is 1. The molecule has 1 amide bonds. The lowest BCUT2D eigenvalue weighted by Crippen LogP contribution is -2.24. The summed E-state index contributed by atoms with van der Waals surface area (Å²) in [6.07, 6.45) is 1.49. The molecule has 0 saturated carbocycles. The number of carbonyl (C=O) groups is 1. The number of hydrogen-bond acceptors (Lipinski definition) is 6. The van der Waals surface area contributed by atoms with Gasteiger partial charge in [-0.1, -0.05) is 53.6 Å². The number of amides is 1. The average Bonchev–Trinajstić information content (AvgIpc) is 3.32. The number of carbonyl (C=O) groups excluding carboxylic acids is 1. The van der Waals surface area contributed by atoms with E-state index >= 15 is 0 Å². The topological polar surface area (TPSA) is 97.8 Å². The fourth-order valence-corrected chi connectivity index (χ4v) is 3.63. The zero-order chi connectivity index (χ0) is 25.5. The minimum absolute atomic E-state index is 0.277. The summed E-state index contributed by atoms with van der Waals surface area (Å²) >= 11 is 6.06. The minimum atomic E-state index is -0.440. The van der Waals surface area contributed by atoms with Crippen LogP contribution in [0, 0.1) is 6.92 Å². The second-order valence-corrected chi connectivity index (χ2v) is 8.28. The number of nitrogens with zero attached hydrogens (tertiary/aromatic N) is 2. The fraction of sp³-hybridized carbons (Fsp3) is 0.148. The van der Waals surface area contributed by atoms with Crippen LogP contribution in [0.4, 0.5) is 0 Å². The normalized spacial score (nSPS) is 10.9. The van der Waals surface area contributed by atoms with Gasteiger partial charge in [-0.15, -0.1) is 5.10 Å². The summed E-state index contributed by atoms with van der Waals surface area (Å²) in [6.45, 7) is 1.74. The number of aromatic nitrogens is 2. The van der Waals surface area contributed by atoms with E-state index < -0.39 is 5.91 Å². The van der Waals surface area contributed by atoms with Crippen LogP contribution >= 0.6 is 11.6 Å². The molecule has 4 rings (SSSR count). The van der Waals surface area contributed by atoms with Crippen LogP contribution in [0.15, 0.2) is 71.8 Å². The van der Waals surface area contributed by atoms with E-state index in [-0.39, 0.29) is 6.61 Å². The van der Waals surface area contributed by atoms with Gasteiger partial charge in [-0.25, -0.2) is 5.43 Å². The maximum atomic E-state index is 12.4. The maximum absolute atomic E-state index is 12.4. The summed E-state index contributed by atoms with van der Waals surface area (Å²) in [5.41, 5.74) is 7.57. The van der Waals surface area contributed by atoms with Crippen LogP contribution in [0.3, 0.4) is 0 Å². The SMILES string of the molecule is COc1ccc(/C=N/NC(=O)COc2n[nH]c(-c3ccc(Cl)cc3)c2-c2ccc(C)cc2)c(OC)c1. The van der Waals surface area contributed by atoms with Crippen LogP contribution in [0.5, 0.6) is 17.4 Å². The molecule has 9 heteroatoms. The van der Waals surface area contributed by atoms with Gasteiger partial charge in [0.05, 0.1) is 31.7 Å². The van der Waals surface area contributed by atoms with E-state index in [4.69, 9.17) is 25.8 Å². The van der Waals surface area contributed by atoms with Crippen LogP contribution in [0.25, 0.3) is 22.4 Å². The smallest absolute Gasteiger partial charge is 0.278 e. The van der Waals surface area contributed by atoms with Crippen molar-refractivity contribution < 1.29 is 19.0 Å². The van der Waals surface area contributed by atoms with E-state index in [0.717, 1.165) is 27.9 Å². The van der Waals surface area contributed by atoms with Crippen molar-refractivity contribution >= 4 is 23.7 Å². The number of hydrogen-bond donors (Lipinski definition) is 2. The van der Waals surface area contributed by atoms with Crippen molar-refractivity contribution in [2.24, 2.45) is 5.10 Å². The first kappa shape index (κ1) is 24.8. The van der Waals surface area contributed by atoms with Crippen molar-refractivity contribution in [3.05, 3.63) is 82.9 Å². The number of benzene rings is 3. The monoisotopic (exact) mass is 504 g/mol. The molecule has 184 valence electrons. The number of rotatable bonds is 9. The highest BCUT2D eigenvalue weighted by atomic mass is 35.5. The highest BCUT2D eigenvalue weighted by molar-refractivity contribution is 6.30. The first-order chi connectivity index (χ1) is 17.5. The van der Waals surface area contributed by atoms with Gasteiger partial charge in [0, 0.05) is 22.2 Å². The van der Waals surface area contributed by atoms with Crippen molar-refractivity contribution in [3.63, 3.8) is 0 Å². The molecule has 1 heterocycles. The van der Waals surface area contributed by atoms with Gasteiger partial charge in [0.1, 0.15) is 11.5 Å². The Morgan fingerprint density at radius 1 is 1.03 bits per heavy atom. The molecule has 0 atom stereocenters. The molecule has 0 spiro atoms. The molecular formula is C27H25ClN4O4. The molecule has 0 aliphatic carbocycles. The first-order valence-corrected chi connectivity index (χ1v) is 11.4. The molecule has 0 radical (unpaired) electrons. The zero-order valence-electron chi connectivity index (χ0n) is 20.0.